The van der Waals surface area contributed by atoms with Crippen LogP contribution in [0.15, 0.2) is 28.7 Å². The summed E-state index contributed by atoms with van der Waals surface area (Å²) in [5.74, 6) is 0.891. The van der Waals surface area contributed by atoms with E-state index in [1.165, 1.54) is 0 Å². The predicted octanol–water partition coefficient (Wildman–Crippen LogP) is 2.96. The monoisotopic (exact) mass is 342 g/mol. The fraction of sp³-hybridized carbons (Fsp3) is 0.389. The Kier molecular flexibility index (Phi) is 4.74. The van der Waals surface area contributed by atoms with Crippen molar-refractivity contribution < 1.29 is 14.0 Å². The van der Waals surface area contributed by atoms with Crippen molar-refractivity contribution in [1.29, 1.82) is 0 Å². The fourth-order valence-electron chi connectivity index (χ4n) is 2.73. The molecule has 7 nitrogen and oxygen atoms in total. The minimum Gasteiger partial charge on any atom is -0.435 e. The Bertz CT molecular complexity index is 780. The second-order valence-corrected chi connectivity index (χ2v) is 6.50. The van der Waals surface area contributed by atoms with Gasteiger partial charge in [0.2, 0.25) is 5.76 Å². The summed E-state index contributed by atoms with van der Waals surface area (Å²) in [5.41, 5.74) is 2.01. The Morgan fingerprint density at radius 1 is 1.36 bits per heavy atom. The lowest BCUT2D eigenvalue weighted by Crippen LogP contribution is -2.27. The van der Waals surface area contributed by atoms with Gasteiger partial charge in [0, 0.05) is 30.9 Å². The van der Waals surface area contributed by atoms with Gasteiger partial charge in [-0.05, 0) is 37.1 Å². The maximum atomic E-state index is 12.4. The summed E-state index contributed by atoms with van der Waals surface area (Å²) in [4.78, 5) is 30.0. The highest BCUT2D eigenvalue weighted by atomic mass is 16.4. The maximum Gasteiger partial charge on any atom is 0.321 e. The van der Waals surface area contributed by atoms with E-state index >= 15 is 0 Å². The third kappa shape index (κ3) is 3.81. The largest absolute Gasteiger partial charge is 0.435 e. The molecule has 3 rings (SSSR count). The van der Waals surface area contributed by atoms with Gasteiger partial charge in [0.05, 0.1) is 5.69 Å². The molecule has 25 heavy (non-hydrogen) atoms. The number of carbonyl (C=O) groups is 2. The number of carbonyl (C=O) groups excluding carboxylic acids is 2. The number of amides is 3. The van der Waals surface area contributed by atoms with Crippen molar-refractivity contribution >= 4 is 23.3 Å². The normalized spacial score (nSPS) is 14.1. The number of benzene rings is 1. The predicted molar refractivity (Wildman–Crippen MR) is 94.9 cm³/mol. The van der Waals surface area contributed by atoms with Crippen LogP contribution in [-0.2, 0) is 6.42 Å². The van der Waals surface area contributed by atoms with E-state index in [4.69, 9.17) is 4.42 Å². The van der Waals surface area contributed by atoms with Gasteiger partial charge in [0.1, 0.15) is 0 Å². The number of aromatic nitrogens is 1. The molecule has 1 aromatic carbocycles. The number of hydrogen-bond donors (Lipinski definition) is 2. The van der Waals surface area contributed by atoms with Gasteiger partial charge in [-0.3, -0.25) is 9.69 Å². The molecule has 0 atom stereocenters. The molecule has 1 aliphatic heterocycles. The van der Waals surface area contributed by atoms with E-state index < -0.39 is 0 Å². The first-order valence-corrected chi connectivity index (χ1v) is 8.37. The Morgan fingerprint density at radius 2 is 2.08 bits per heavy atom. The first-order valence-electron chi connectivity index (χ1n) is 8.37. The molecule has 1 fully saturated rings. The highest BCUT2D eigenvalue weighted by molar-refractivity contribution is 6.03. The number of rotatable bonds is 5. The van der Waals surface area contributed by atoms with Crippen molar-refractivity contribution in [2.24, 2.45) is 5.92 Å². The molecular weight excluding hydrogens is 320 g/mol. The number of urea groups is 1. The average molecular weight is 342 g/mol. The minimum atomic E-state index is -0.327. The Morgan fingerprint density at radius 3 is 2.68 bits per heavy atom. The standard InChI is InChI=1S/C18H22N4O3/c1-11(2)10-15-20-12(3)16(25-15)17(23)21-13-4-6-14(7-5-13)22-9-8-19-18(22)24/h4-7,11H,8-10H2,1-3H3,(H,19,24)(H,21,23). The van der Waals surface area contributed by atoms with Crippen LogP contribution in [0.4, 0.5) is 16.2 Å². The first kappa shape index (κ1) is 17.0. The third-order valence-corrected chi connectivity index (χ3v) is 3.92. The Labute approximate surface area is 146 Å². The smallest absolute Gasteiger partial charge is 0.321 e. The van der Waals surface area contributed by atoms with Crippen LogP contribution in [0, 0.1) is 12.8 Å². The van der Waals surface area contributed by atoms with E-state index in [2.05, 4.69) is 29.5 Å². The molecule has 1 aromatic heterocycles. The van der Waals surface area contributed by atoms with Crippen LogP contribution in [0.2, 0.25) is 0 Å². The molecule has 0 spiro atoms. The molecule has 1 saturated heterocycles. The summed E-state index contributed by atoms with van der Waals surface area (Å²) < 4.78 is 5.59. The summed E-state index contributed by atoms with van der Waals surface area (Å²) in [6.07, 6.45) is 0.695. The van der Waals surface area contributed by atoms with Gasteiger partial charge in [-0.15, -0.1) is 0 Å². The number of oxazole rings is 1. The lowest BCUT2D eigenvalue weighted by molar-refractivity contribution is 0.0993. The van der Waals surface area contributed by atoms with Gasteiger partial charge in [0.25, 0.3) is 5.91 Å². The van der Waals surface area contributed by atoms with E-state index in [1.54, 1.807) is 36.1 Å². The number of nitrogens with one attached hydrogen (secondary N) is 2. The van der Waals surface area contributed by atoms with E-state index in [9.17, 15) is 9.59 Å². The SMILES string of the molecule is Cc1nc(CC(C)C)oc1C(=O)Nc1ccc(N2CCNC2=O)cc1. The van der Waals surface area contributed by atoms with E-state index in [0.29, 0.717) is 42.7 Å². The molecule has 0 radical (unpaired) electrons. The van der Waals surface area contributed by atoms with Gasteiger partial charge in [0.15, 0.2) is 5.89 Å². The van der Waals surface area contributed by atoms with Crippen molar-refractivity contribution in [1.82, 2.24) is 10.3 Å². The first-order chi connectivity index (χ1) is 11.9. The second-order valence-electron chi connectivity index (χ2n) is 6.50. The van der Waals surface area contributed by atoms with Crippen LogP contribution in [0.1, 0.15) is 36.0 Å². The zero-order chi connectivity index (χ0) is 18.0. The zero-order valence-electron chi connectivity index (χ0n) is 14.6. The van der Waals surface area contributed by atoms with Crippen LogP contribution < -0.4 is 15.5 Å². The van der Waals surface area contributed by atoms with Crippen LogP contribution in [0.25, 0.3) is 0 Å². The van der Waals surface area contributed by atoms with Gasteiger partial charge >= 0.3 is 6.03 Å². The highest BCUT2D eigenvalue weighted by Crippen LogP contribution is 2.21. The quantitative estimate of drug-likeness (QED) is 0.874. The van der Waals surface area contributed by atoms with Crippen molar-refractivity contribution in [3.8, 4) is 0 Å². The van der Waals surface area contributed by atoms with Crippen LogP contribution in [-0.4, -0.2) is 30.0 Å². The number of nitrogens with zero attached hydrogens (tertiary/aromatic N) is 2. The van der Waals surface area contributed by atoms with Crippen LogP contribution in [0.3, 0.4) is 0 Å². The van der Waals surface area contributed by atoms with Crippen LogP contribution in [0.5, 0.6) is 0 Å². The highest BCUT2D eigenvalue weighted by Gasteiger charge is 2.21. The molecule has 7 heteroatoms. The fourth-order valence-corrected chi connectivity index (χ4v) is 2.73. The number of aryl methyl sites for hydroxylation is 1. The van der Waals surface area contributed by atoms with Crippen LogP contribution >= 0.6 is 0 Å². The second kappa shape index (κ2) is 6.96. The summed E-state index contributed by atoms with van der Waals surface area (Å²) in [6.45, 7) is 7.18. The molecular formula is C18H22N4O3. The molecule has 2 heterocycles. The van der Waals surface area contributed by atoms with Gasteiger partial charge in [-0.25, -0.2) is 9.78 Å². The maximum absolute atomic E-state index is 12.4. The van der Waals surface area contributed by atoms with Gasteiger partial charge in [-0.2, -0.15) is 0 Å². The summed E-state index contributed by atoms with van der Waals surface area (Å²) in [6, 6.07) is 7.03. The molecule has 132 valence electrons. The van der Waals surface area contributed by atoms with Crippen molar-refractivity contribution in [2.75, 3.05) is 23.3 Å². The molecule has 3 amide bonds. The Balaban J connectivity index is 1.69. The molecule has 1 aliphatic rings. The molecule has 0 aliphatic carbocycles. The van der Waals surface area contributed by atoms with Crippen molar-refractivity contribution in [3.63, 3.8) is 0 Å². The Hall–Kier alpha value is -2.83. The minimum absolute atomic E-state index is 0.105. The number of anilines is 2. The molecule has 2 N–H and O–H groups in total. The molecule has 0 saturated carbocycles. The summed E-state index contributed by atoms with van der Waals surface area (Å²) in [7, 11) is 0. The van der Waals surface area contributed by atoms with Gasteiger partial charge in [-0.1, -0.05) is 13.8 Å². The number of hydrogen-bond acceptors (Lipinski definition) is 4. The topological polar surface area (TPSA) is 87.5 Å². The van der Waals surface area contributed by atoms with E-state index in [0.717, 1.165) is 5.69 Å². The van der Waals surface area contributed by atoms with E-state index in [1.807, 2.05) is 0 Å². The lowest BCUT2D eigenvalue weighted by atomic mass is 10.1. The van der Waals surface area contributed by atoms with Crippen molar-refractivity contribution in [3.05, 3.63) is 41.6 Å². The zero-order valence-corrected chi connectivity index (χ0v) is 14.6. The third-order valence-electron chi connectivity index (χ3n) is 3.92. The van der Waals surface area contributed by atoms with Crippen molar-refractivity contribution in [2.45, 2.75) is 27.2 Å². The lowest BCUT2D eigenvalue weighted by Gasteiger charge is -2.14. The average Bonchev–Trinajstić information content (AvgIpc) is 3.13. The van der Waals surface area contributed by atoms with E-state index in [-0.39, 0.29) is 17.7 Å². The molecule has 0 unspecified atom stereocenters. The molecule has 0 bridgehead atoms. The summed E-state index contributed by atoms with van der Waals surface area (Å²) in [5, 5.41) is 5.56. The summed E-state index contributed by atoms with van der Waals surface area (Å²) >= 11 is 0. The molecule has 2 aromatic rings. The van der Waals surface area contributed by atoms with Gasteiger partial charge < -0.3 is 15.1 Å².